The molecule has 0 saturated carbocycles. The smallest absolute Gasteiger partial charge is 0.282 e. The van der Waals surface area contributed by atoms with E-state index in [1.165, 1.54) is 24.3 Å². The van der Waals surface area contributed by atoms with Crippen LogP contribution >= 0.6 is 12.0 Å². The highest BCUT2D eigenvalue weighted by Gasteiger charge is 2.10. The lowest BCUT2D eigenvalue weighted by Gasteiger charge is -2.04. The normalized spacial score (nSPS) is 12.2. The van der Waals surface area contributed by atoms with Crippen molar-refractivity contribution in [2.45, 2.75) is 30.6 Å². The van der Waals surface area contributed by atoms with Crippen molar-refractivity contribution < 1.29 is 27.6 Å². The molecule has 0 spiro atoms. The summed E-state index contributed by atoms with van der Waals surface area (Å²) in [7, 11) is -4.30. The van der Waals surface area contributed by atoms with E-state index >= 15 is 0 Å². The van der Waals surface area contributed by atoms with Crippen LogP contribution in [0.25, 0.3) is 0 Å². The second-order valence-electron chi connectivity index (χ2n) is 8.71. The molecule has 0 atom stereocenters. The highest BCUT2D eigenvalue weighted by atomic mass is 32.2. The molecule has 12 nitrogen and oxygen atoms in total. The van der Waals surface area contributed by atoms with Gasteiger partial charge >= 0.3 is 0 Å². The predicted octanol–water partition coefficient (Wildman–Crippen LogP) is 9.53. The molecule has 0 aliphatic rings. The first kappa shape index (κ1) is 29.8. The highest BCUT2D eigenvalue weighted by molar-refractivity contribution is 7.94. The lowest BCUT2D eigenvalue weighted by atomic mass is 10.1. The summed E-state index contributed by atoms with van der Waals surface area (Å²) in [4.78, 5) is 0.162. The van der Waals surface area contributed by atoms with E-state index in [1.807, 2.05) is 39.0 Å². The summed E-state index contributed by atoms with van der Waals surface area (Å²) in [6, 6.07) is 21.5. The van der Waals surface area contributed by atoms with E-state index in [-0.39, 0.29) is 4.90 Å². The Morgan fingerprint density at radius 1 is 0.634 bits per heavy atom. The van der Waals surface area contributed by atoms with Crippen LogP contribution in [0.3, 0.4) is 0 Å². The van der Waals surface area contributed by atoms with Crippen LogP contribution in [0.15, 0.2) is 119 Å². The van der Waals surface area contributed by atoms with Crippen molar-refractivity contribution in [2.75, 3.05) is 0 Å². The molecule has 0 bridgehead atoms. The minimum Gasteiger partial charge on any atom is -0.282 e. The summed E-state index contributed by atoms with van der Waals surface area (Å²) in [5.41, 5.74) is 6.29. The maximum absolute atomic E-state index is 11.2. The molecule has 0 saturated heterocycles. The number of benzene rings is 4. The van der Waals surface area contributed by atoms with Crippen molar-refractivity contribution in [3.05, 3.63) is 95.6 Å². The molecule has 0 heterocycles. The van der Waals surface area contributed by atoms with E-state index in [4.69, 9.17) is 9.81 Å². The zero-order valence-electron chi connectivity index (χ0n) is 22.0. The van der Waals surface area contributed by atoms with E-state index in [0.717, 1.165) is 22.4 Å². The average Bonchev–Trinajstić information content (AvgIpc) is 2.94. The Hall–Kier alpha value is -4.18. The zero-order chi connectivity index (χ0) is 29.4. The van der Waals surface area contributed by atoms with Gasteiger partial charge in [0.25, 0.3) is 10.1 Å². The number of nitrogens with zero attached hydrogens (tertiary/aromatic N) is 6. The second kappa shape index (κ2) is 13.5. The van der Waals surface area contributed by atoms with Crippen LogP contribution in [-0.4, -0.2) is 18.2 Å². The quantitative estimate of drug-likeness (QED) is 0.0607. The van der Waals surface area contributed by atoms with Gasteiger partial charge in [0.1, 0.15) is 5.69 Å². The number of hydrogen-bond acceptors (Lipinski definition) is 12. The molecule has 0 aliphatic carbocycles. The molecule has 0 fully saturated rings. The minimum absolute atomic E-state index is 0.252. The molecule has 0 radical (unpaired) electrons. The monoisotopic (exact) mass is 592 g/mol. The van der Waals surface area contributed by atoms with Gasteiger partial charge in [-0.3, -0.25) is 4.55 Å². The van der Waals surface area contributed by atoms with Crippen LogP contribution in [0, 0.1) is 20.8 Å². The van der Waals surface area contributed by atoms with Crippen LogP contribution < -0.4 is 0 Å². The van der Waals surface area contributed by atoms with Gasteiger partial charge in [-0.15, -0.1) is 9.45 Å². The lowest BCUT2D eigenvalue weighted by Crippen LogP contribution is -1.96. The first-order valence-corrected chi connectivity index (χ1v) is 14.1. The molecule has 41 heavy (non-hydrogen) atoms. The van der Waals surface area contributed by atoms with Crippen molar-refractivity contribution in [1.29, 1.82) is 0 Å². The zero-order valence-corrected chi connectivity index (χ0v) is 23.7. The van der Waals surface area contributed by atoms with Gasteiger partial charge in [0.2, 0.25) is 0 Å². The predicted molar refractivity (Wildman–Crippen MR) is 153 cm³/mol. The molecular weight excluding hydrogens is 568 g/mol. The fourth-order valence-electron chi connectivity index (χ4n) is 3.52. The minimum atomic E-state index is -4.30. The van der Waals surface area contributed by atoms with Crippen LogP contribution in [0.4, 0.5) is 34.1 Å². The van der Waals surface area contributed by atoms with E-state index in [1.54, 1.807) is 30.3 Å². The van der Waals surface area contributed by atoms with Crippen molar-refractivity contribution >= 4 is 56.3 Å². The lowest BCUT2D eigenvalue weighted by molar-refractivity contribution is -0.432. The van der Waals surface area contributed by atoms with Gasteiger partial charge in [-0.05, 0) is 98.6 Å². The SMILES string of the molecule is Cc1ccc(N=Nc2ccc(N=Nc3ccc(N=Nc4ccc(S(=O)(=O)O)cc4)cc3SOOO)c(C)c2)c(C)c1. The van der Waals surface area contributed by atoms with E-state index in [0.29, 0.717) is 45.4 Å². The molecule has 4 rings (SSSR count). The molecule has 4 aromatic rings. The van der Waals surface area contributed by atoms with Crippen molar-refractivity contribution in [1.82, 2.24) is 0 Å². The van der Waals surface area contributed by atoms with Gasteiger partial charge < -0.3 is 0 Å². The van der Waals surface area contributed by atoms with Gasteiger partial charge in [0, 0.05) is 0 Å². The Morgan fingerprint density at radius 3 is 1.78 bits per heavy atom. The number of hydrogen-bond donors (Lipinski definition) is 2. The summed E-state index contributed by atoms with van der Waals surface area (Å²) < 4.78 is 36.0. The average molecular weight is 593 g/mol. The van der Waals surface area contributed by atoms with E-state index in [2.05, 4.69) is 46.1 Å². The molecule has 210 valence electrons. The van der Waals surface area contributed by atoms with Gasteiger partial charge in [-0.25, -0.2) is 5.26 Å². The molecule has 4 aromatic carbocycles. The number of azo groups is 3. The Balaban J connectivity index is 1.51. The van der Waals surface area contributed by atoms with Crippen molar-refractivity contribution in [3.63, 3.8) is 0 Å². The van der Waals surface area contributed by atoms with Gasteiger partial charge in [0.15, 0.2) is 0 Å². The topological polar surface area (TPSA) is 167 Å². The maximum Gasteiger partial charge on any atom is 0.294 e. The van der Waals surface area contributed by atoms with Crippen LogP contribution in [0.1, 0.15) is 16.7 Å². The Morgan fingerprint density at radius 2 is 1.15 bits per heavy atom. The summed E-state index contributed by atoms with van der Waals surface area (Å²) in [6.07, 6.45) is 0. The number of aryl methyl sites for hydroxylation is 3. The summed E-state index contributed by atoms with van der Waals surface area (Å²) in [6.45, 7) is 5.90. The fraction of sp³-hybridized carbons (Fsp3) is 0.111. The summed E-state index contributed by atoms with van der Waals surface area (Å²) >= 11 is 0.686. The number of rotatable bonds is 10. The Kier molecular flexibility index (Phi) is 9.78. The third-order valence-electron chi connectivity index (χ3n) is 5.58. The van der Waals surface area contributed by atoms with Crippen LogP contribution in [0.5, 0.6) is 0 Å². The third-order valence-corrected chi connectivity index (χ3v) is 7.09. The Labute approximate surface area is 240 Å². The summed E-state index contributed by atoms with van der Waals surface area (Å²) in [5.74, 6) is 0. The molecule has 0 aliphatic heterocycles. The Bertz CT molecular complexity index is 1740. The van der Waals surface area contributed by atoms with Crippen molar-refractivity contribution in [3.8, 4) is 0 Å². The fourth-order valence-corrected chi connectivity index (χ4v) is 4.46. The summed E-state index contributed by atoms with van der Waals surface area (Å²) in [5, 5.41) is 37.8. The highest BCUT2D eigenvalue weighted by Crippen LogP contribution is 2.36. The van der Waals surface area contributed by atoms with Crippen LogP contribution in [-0.2, 0) is 19.5 Å². The maximum atomic E-state index is 11.2. The molecule has 0 amide bonds. The standard InChI is InChI=1S/C27H24N6O6S2/c1-17-4-11-24(18(2)14-17)31-30-21-7-12-25(19(3)15-21)32-33-26-13-8-22(16-27(26)40-39-38-34)29-28-20-5-9-23(10-6-20)41(35,36)37/h4-16,34H,1-3H3,(H,35,36,37). The van der Waals surface area contributed by atoms with E-state index in [9.17, 15) is 8.42 Å². The van der Waals surface area contributed by atoms with Crippen molar-refractivity contribution in [2.24, 2.45) is 30.7 Å². The van der Waals surface area contributed by atoms with Gasteiger partial charge in [-0.2, -0.15) is 34.0 Å². The van der Waals surface area contributed by atoms with Gasteiger partial charge in [-0.1, -0.05) is 22.7 Å². The van der Waals surface area contributed by atoms with Gasteiger partial charge in [0.05, 0.1) is 50.3 Å². The third kappa shape index (κ3) is 8.40. The first-order chi connectivity index (χ1) is 19.6. The molecular formula is C27H24N6O6S2. The van der Waals surface area contributed by atoms with Crippen LogP contribution in [0.2, 0.25) is 0 Å². The molecule has 14 heteroatoms. The second-order valence-corrected chi connectivity index (χ2v) is 10.9. The molecule has 0 unspecified atom stereocenters. The largest absolute Gasteiger partial charge is 0.294 e. The first-order valence-electron chi connectivity index (χ1n) is 11.9. The van der Waals surface area contributed by atoms with E-state index < -0.39 is 10.1 Å². The molecule has 0 aromatic heterocycles. The molecule has 2 N–H and O–H groups in total.